The second kappa shape index (κ2) is 16.5. The summed E-state index contributed by atoms with van der Waals surface area (Å²) in [4.78, 5) is 56.8. The van der Waals surface area contributed by atoms with Crippen LogP contribution in [0.25, 0.3) is 0 Å². The number of carbonyl (C=O) groups excluding carboxylic acids is 4. The third-order valence-electron chi connectivity index (χ3n) is 7.94. The number of ether oxygens (including phenoxy) is 1. The van der Waals surface area contributed by atoms with E-state index in [9.17, 15) is 19.2 Å². The zero-order chi connectivity index (χ0) is 31.6. The first-order valence-corrected chi connectivity index (χ1v) is 15.6. The number of nitrogens with zero attached hydrogens (tertiary/aromatic N) is 2. The summed E-state index contributed by atoms with van der Waals surface area (Å²) in [7, 11) is 1.73. The van der Waals surface area contributed by atoms with Crippen molar-refractivity contribution in [1.29, 1.82) is 0 Å². The van der Waals surface area contributed by atoms with E-state index in [1.54, 1.807) is 24.3 Å². The summed E-state index contributed by atoms with van der Waals surface area (Å²) < 4.78 is 5.68. The third-order valence-corrected chi connectivity index (χ3v) is 8.88. The smallest absolute Gasteiger partial charge is 0.303 e. The van der Waals surface area contributed by atoms with Gasteiger partial charge in [0, 0.05) is 43.8 Å². The quantitative estimate of drug-likeness (QED) is 0.261. The average molecular weight is 601 g/mol. The van der Waals surface area contributed by atoms with Crippen molar-refractivity contribution >= 4 is 34.9 Å². The zero-order valence-corrected chi connectivity index (χ0v) is 27.1. The minimum atomic E-state index is -0.741. The molecule has 0 spiro atoms. The van der Waals surface area contributed by atoms with Crippen LogP contribution in [-0.4, -0.2) is 58.6 Å². The Morgan fingerprint density at radius 1 is 1.05 bits per heavy atom. The van der Waals surface area contributed by atoms with Gasteiger partial charge in [-0.2, -0.15) is 0 Å². The molecule has 9 nitrogen and oxygen atoms in total. The molecule has 42 heavy (non-hydrogen) atoms. The van der Waals surface area contributed by atoms with Crippen LogP contribution < -0.4 is 11.1 Å². The first-order valence-electron chi connectivity index (χ1n) is 14.7. The Balaban J connectivity index is 2.26. The number of rotatable bonds is 16. The van der Waals surface area contributed by atoms with Crippen LogP contribution in [-0.2, 0) is 25.5 Å². The molecule has 232 valence electrons. The van der Waals surface area contributed by atoms with Gasteiger partial charge in [-0.05, 0) is 37.2 Å². The molecule has 0 saturated carbocycles. The van der Waals surface area contributed by atoms with Crippen molar-refractivity contribution in [3.05, 3.63) is 52.0 Å². The highest BCUT2D eigenvalue weighted by Crippen LogP contribution is 2.31. The topological polar surface area (TPSA) is 132 Å². The zero-order valence-electron chi connectivity index (χ0n) is 26.3. The molecule has 3 N–H and O–H groups in total. The van der Waals surface area contributed by atoms with Gasteiger partial charge in [0.2, 0.25) is 5.91 Å². The van der Waals surface area contributed by atoms with Gasteiger partial charge in [-0.25, -0.2) is 4.98 Å². The van der Waals surface area contributed by atoms with Gasteiger partial charge in [-0.1, -0.05) is 71.4 Å². The van der Waals surface area contributed by atoms with Gasteiger partial charge >= 0.3 is 5.97 Å². The Morgan fingerprint density at radius 3 is 2.24 bits per heavy atom. The summed E-state index contributed by atoms with van der Waals surface area (Å²) >= 11 is 1.24. The molecule has 1 aromatic carbocycles. The summed E-state index contributed by atoms with van der Waals surface area (Å²) in [6.07, 6.45) is 1.43. The minimum absolute atomic E-state index is 0.0289. The summed E-state index contributed by atoms with van der Waals surface area (Å²) in [6, 6.07) is 8.63. The molecular weight excluding hydrogens is 552 g/mol. The molecule has 2 rings (SSSR count). The van der Waals surface area contributed by atoms with Crippen molar-refractivity contribution in [3.8, 4) is 0 Å². The second-order valence-electron chi connectivity index (χ2n) is 11.7. The number of carbonyl (C=O) groups is 4. The number of nitrogens with one attached hydrogen (secondary N) is 1. The van der Waals surface area contributed by atoms with Crippen molar-refractivity contribution in [2.24, 2.45) is 23.5 Å². The van der Waals surface area contributed by atoms with Crippen LogP contribution in [0.1, 0.15) is 94.9 Å². The number of aromatic nitrogens is 1. The largest absolute Gasteiger partial charge is 0.455 e. The van der Waals surface area contributed by atoms with Crippen LogP contribution in [0.15, 0.2) is 35.7 Å². The summed E-state index contributed by atoms with van der Waals surface area (Å²) in [5, 5.41) is 5.18. The van der Waals surface area contributed by atoms with Crippen molar-refractivity contribution in [3.63, 3.8) is 0 Å². The Morgan fingerprint density at radius 2 is 1.69 bits per heavy atom. The van der Waals surface area contributed by atoms with E-state index in [1.165, 1.54) is 18.3 Å². The SMILES string of the molecule is CC[C@H](C)[C@H](N)C(=O)N(C)[C@@H](C[C@@H](OC(C)=O)c1nc(C(=O)N[C@@H](Cc2ccccc2)C[C@H](C)C(C)=O)cs1)C(C)C. The van der Waals surface area contributed by atoms with Crippen molar-refractivity contribution < 1.29 is 23.9 Å². The molecule has 0 bridgehead atoms. The molecule has 6 atom stereocenters. The number of hydrogen-bond donors (Lipinski definition) is 2. The second-order valence-corrected chi connectivity index (χ2v) is 12.6. The fraction of sp³-hybridized carbons (Fsp3) is 0.594. The number of likely N-dealkylation sites (N-methyl/N-ethyl adjacent to an activating group) is 1. The summed E-state index contributed by atoms with van der Waals surface area (Å²) in [5.74, 6) is -1.06. The van der Waals surface area contributed by atoms with Crippen LogP contribution in [0, 0.1) is 17.8 Å². The number of esters is 1. The molecule has 1 aromatic heterocycles. The number of benzene rings is 1. The van der Waals surface area contributed by atoms with Gasteiger partial charge in [-0.3, -0.25) is 19.2 Å². The van der Waals surface area contributed by atoms with Gasteiger partial charge < -0.3 is 20.7 Å². The lowest BCUT2D eigenvalue weighted by atomic mass is 9.93. The predicted molar refractivity (Wildman–Crippen MR) is 166 cm³/mol. The van der Waals surface area contributed by atoms with E-state index >= 15 is 0 Å². The highest BCUT2D eigenvalue weighted by molar-refractivity contribution is 7.09. The molecule has 1 heterocycles. The Labute approximate surface area is 254 Å². The molecule has 0 aliphatic heterocycles. The van der Waals surface area contributed by atoms with Gasteiger partial charge in [-0.15, -0.1) is 11.3 Å². The molecule has 0 aliphatic carbocycles. The number of thiazole rings is 1. The molecule has 2 amide bonds. The lowest BCUT2D eigenvalue weighted by Gasteiger charge is -2.35. The van der Waals surface area contributed by atoms with Crippen LogP contribution in [0.3, 0.4) is 0 Å². The highest BCUT2D eigenvalue weighted by atomic mass is 32.1. The first kappa shape index (κ1) is 35.1. The number of hydrogen-bond acceptors (Lipinski definition) is 8. The van der Waals surface area contributed by atoms with E-state index in [0.717, 1.165) is 12.0 Å². The van der Waals surface area contributed by atoms with Gasteiger partial charge in [0.25, 0.3) is 5.91 Å². The maximum absolute atomic E-state index is 13.3. The number of nitrogens with two attached hydrogens (primary N) is 1. The fourth-order valence-corrected chi connectivity index (χ4v) is 5.72. The van der Waals surface area contributed by atoms with Crippen molar-refractivity contribution in [1.82, 2.24) is 15.2 Å². The molecular formula is C32H48N4O5S. The van der Waals surface area contributed by atoms with E-state index in [0.29, 0.717) is 24.3 Å². The maximum atomic E-state index is 13.3. The minimum Gasteiger partial charge on any atom is -0.455 e. The fourth-order valence-electron chi connectivity index (χ4n) is 4.88. The van der Waals surface area contributed by atoms with E-state index in [1.807, 2.05) is 65.0 Å². The highest BCUT2D eigenvalue weighted by Gasteiger charge is 2.33. The summed E-state index contributed by atoms with van der Waals surface area (Å²) in [6.45, 7) is 12.7. The first-order chi connectivity index (χ1) is 19.7. The Kier molecular flexibility index (Phi) is 13.8. The van der Waals surface area contributed by atoms with Gasteiger partial charge in [0.1, 0.15) is 16.5 Å². The predicted octanol–water partition coefficient (Wildman–Crippen LogP) is 4.95. The van der Waals surface area contributed by atoms with E-state index < -0.39 is 18.1 Å². The van der Waals surface area contributed by atoms with Crippen LogP contribution in [0.2, 0.25) is 0 Å². The molecule has 0 aliphatic rings. The molecule has 0 fully saturated rings. The molecule has 0 unspecified atom stereocenters. The molecule has 2 aromatic rings. The lowest BCUT2D eigenvalue weighted by molar-refractivity contribution is -0.148. The van der Waals surface area contributed by atoms with Crippen LogP contribution in [0.4, 0.5) is 0 Å². The molecule has 0 radical (unpaired) electrons. The number of ketones is 1. The van der Waals surface area contributed by atoms with Crippen molar-refractivity contribution in [2.75, 3.05) is 7.05 Å². The standard InChI is InChI=1S/C32H48N4O5S/c1-9-20(4)29(33)32(40)36(8)27(19(2)3)17-28(41-23(7)38)31-35-26(18-42-31)30(39)34-25(15-21(5)22(6)37)16-24-13-11-10-12-14-24/h10-14,18-21,25,27-29H,9,15-17,33H2,1-8H3,(H,34,39)/t20-,21-,25+,27-,28+,29-/m0/s1. The Bertz CT molecular complexity index is 1180. The number of amides is 2. The van der Waals surface area contributed by atoms with E-state index in [2.05, 4.69) is 10.3 Å². The van der Waals surface area contributed by atoms with Gasteiger partial charge in [0.05, 0.1) is 6.04 Å². The normalized spacial score (nSPS) is 15.7. The van der Waals surface area contributed by atoms with Gasteiger partial charge in [0.15, 0.2) is 6.10 Å². The van der Waals surface area contributed by atoms with Crippen LogP contribution >= 0.6 is 11.3 Å². The molecule has 10 heteroatoms. The Hall–Kier alpha value is -3.11. The van der Waals surface area contributed by atoms with Crippen molar-refractivity contribution in [2.45, 2.75) is 98.4 Å². The third kappa shape index (κ3) is 10.3. The maximum Gasteiger partial charge on any atom is 0.303 e. The van der Waals surface area contributed by atoms with E-state index in [4.69, 9.17) is 10.5 Å². The van der Waals surface area contributed by atoms with E-state index in [-0.39, 0.29) is 53.1 Å². The lowest BCUT2D eigenvalue weighted by Crippen LogP contribution is -2.51. The summed E-state index contributed by atoms with van der Waals surface area (Å²) in [5.41, 5.74) is 7.52. The number of Topliss-reactive ketones (excluding diaryl/α,β-unsaturated/α-hetero) is 1. The monoisotopic (exact) mass is 600 g/mol. The van der Waals surface area contributed by atoms with Crippen LogP contribution in [0.5, 0.6) is 0 Å². The average Bonchev–Trinajstić information content (AvgIpc) is 3.44. The molecule has 0 saturated heterocycles.